The molecule has 11 heavy (non-hydrogen) atoms. The lowest BCUT2D eigenvalue weighted by Gasteiger charge is -1.96. The van der Waals surface area contributed by atoms with Crippen molar-refractivity contribution in [2.24, 2.45) is 5.14 Å². The van der Waals surface area contributed by atoms with Gasteiger partial charge in [0.15, 0.2) is 0 Å². The number of rotatable bonds is 2. The topological polar surface area (TPSA) is 74.3 Å². The van der Waals surface area contributed by atoms with Crippen molar-refractivity contribution >= 4 is 15.9 Å². The highest BCUT2D eigenvalue weighted by molar-refractivity contribution is 7.87. The van der Waals surface area contributed by atoms with Gasteiger partial charge in [0.25, 0.3) is 0 Å². The molecule has 1 radical (unpaired) electrons. The fourth-order valence-corrected chi connectivity index (χ4v) is 1.05. The smallest absolute Gasteiger partial charge is 0.210 e. The summed E-state index contributed by atoms with van der Waals surface area (Å²) in [4.78, 5) is 0. The van der Waals surface area contributed by atoms with Gasteiger partial charge in [-0.15, -0.1) is 0 Å². The van der Waals surface area contributed by atoms with Gasteiger partial charge in [-0.3, -0.25) is 0 Å². The van der Waals surface area contributed by atoms with Gasteiger partial charge >= 0.3 is 10.2 Å². The summed E-state index contributed by atoms with van der Waals surface area (Å²) in [6.45, 7) is 0. The molecule has 0 unspecified atom stereocenters. The molecular weight excluding hydrogens is 164 g/mol. The number of nitrogens with two attached hydrogens (primary N) is 1. The summed E-state index contributed by atoms with van der Waals surface area (Å²) in [5, 5.41) is 4.67. The lowest BCUT2D eigenvalue weighted by atomic mass is 10.3. The van der Waals surface area contributed by atoms with Crippen LogP contribution in [0.15, 0.2) is 30.3 Å². The highest BCUT2D eigenvalue weighted by Crippen LogP contribution is 2.05. The van der Waals surface area contributed by atoms with Crippen LogP contribution in [0.1, 0.15) is 0 Å². The van der Waals surface area contributed by atoms with Gasteiger partial charge in [-0.25, -0.2) is 5.14 Å². The fourth-order valence-electron chi connectivity index (χ4n) is 0.636. The van der Waals surface area contributed by atoms with Gasteiger partial charge in [-0.1, -0.05) is 18.2 Å². The van der Waals surface area contributed by atoms with Crippen molar-refractivity contribution in [3.05, 3.63) is 30.3 Å². The van der Waals surface area contributed by atoms with Crippen molar-refractivity contribution in [1.29, 1.82) is 0 Å². The Hall–Kier alpha value is -1.07. The minimum atomic E-state index is -3.75. The van der Waals surface area contributed by atoms with Crippen LogP contribution in [0.5, 0.6) is 0 Å². The molecule has 59 valence electrons. The van der Waals surface area contributed by atoms with Crippen LogP contribution in [0.25, 0.3) is 0 Å². The SMILES string of the molecule is NS(=O)(=O)[N]c1ccccc1. The quantitative estimate of drug-likeness (QED) is 0.686. The molecule has 0 aliphatic carbocycles. The Balaban J connectivity index is 2.82. The molecule has 1 rings (SSSR count). The van der Waals surface area contributed by atoms with Crippen LogP contribution in [-0.2, 0) is 10.2 Å². The zero-order valence-corrected chi connectivity index (χ0v) is 6.45. The van der Waals surface area contributed by atoms with Crippen molar-refractivity contribution in [2.45, 2.75) is 0 Å². The molecule has 0 spiro atoms. The Bertz CT molecular complexity index is 320. The number of benzene rings is 1. The van der Waals surface area contributed by atoms with E-state index in [2.05, 4.69) is 9.86 Å². The van der Waals surface area contributed by atoms with E-state index in [1.54, 1.807) is 30.3 Å². The standard InChI is InChI=1S/C6H7N2O2S/c7-11(9,10)8-6-4-2-1-3-5-6/h1-5H,(H2,7,9,10). The molecule has 0 saturated heterocycles. The Morgan fingerprint density at radius 1 is 1.18 bits per heavy atom. The van der Waals surface area contributed by atoms with Gasteiger partial charge in [0.05, 0.1) is 5.69 Å². The summed E-state index contributed by atoms with van der Waals surface area (Å²) in [5.41, 5.74) is 0.343. The second-order valence-corrected chi connectivity index (χ2v) is 3.15. The predicted molar refractivity (Wildman–Crippen MR) is 41.3 cm³/mol. The summed E-state index contributed by atoms with van der Waals surface area (Å²) in [6.07, 6.45) is 0. The average Bonchev–Trinajstić information content (AvgIpc) is 1.85. The van der Waals surface area contributed by atoms with Crippen molar-refractivity contribution < 1.29 is 8.42 Å². The highest BCUT2D eigenvalue weighted by atomic mass is 32.2. The van der Waals surface area contributed by atoms with Crippen molar-refractivity contribution in [3.8, 4) is 0 Å². The van der Waals surface area contributed by atoms with Crippen LogP contribution in [0.4, 0.5) is 5.69 Å². The first kappa shape index (κ1) is 8.03. The Kier molecular flexibility index (Phi) is 2.11. The maximum Gasteiger partial charge on any atom is 0.317 e. The van der Waals surface area contributed by atoms with E-state index < -0.39 is 10.2 Å². The molecule has 0 fully saturated rings. The minimum Gasteiger partial charge on any atom is -0.210 e. The maximum absolute atomic E-state index is 10.4. The molecule has 0 aliphatic rings. The van der Waals surface area contributed by atoms with E-state index in [1.165, 1.54) is 0 Å². The summed E-state index contributed by atoms with van der Waals surface area (Å²) < 4.78 is 24.1. The molecular formula is C6H7N2O2S. The van der Waals surface area contributed by atoms with Crippen LogP contribution in [0.2, 0.25) is 0 Å². The third-order valence-electron chi connectivity index (χ3n) is 0.989. The summed E-state index contributed by atoms with van der Waals surface area (Å²) in [5.74, 6) is 0. The predicted octanol–water partition coefficient (Wildman–Crippen LogP) is 0.126. The lowest BCUT2D eigenvalue weighted by molar-refractivity contribution is 0.592. The molecule has 0 aliphatic heterocycles. The summed E-state index contributed by atoms with van der Waals surface area (Å²) in [7, 11) is -3.75. The minimum absolute atomic E-state index is 0.343. The zero-order valence-electron chi connectivity index (χ0n) is 5.64. The molecule has 0 heterocycles. The summed E-state index contributed by atoms with van der Waals surface area (Å²) >= 11 is 0. The second-order valence-electron chi connectivity index (χ2n) is 1.94. The molecule has 0 aromatic heterocycles. The van der Waals surface area contributed by atoms with Gasteiger partial charge in [0.2, 0.25) is 0 Å². The Morgan fingerprint density at radius 3 is 2.18 bits per heavy atom. The first-order valence-corrected chi connectivity index (χ1v) is 4.39. The molecule has 1 aromatic rings. The van der Waals surface area contributed by atoms with Crippen molar-refractivity contribution in [1.82, 2.24) is 4.72 Å². The molecule has 0 saturated carbocycles. The van der Waals surface area contributed by atoms with E-state index in [0.717, 1.165) is 0 Å². The third-order valence-corrected chi connectivity index (χ3v) is 1.45. The molecule has 5 heteroatoms. The first-order chi connectivity index (χ1) is 5.08. The Morgan fingerprint density at radius 2 is 1.73 bits per heavy atom. The van der Waals surface area contributed by atoms with Gasteiger partial charge in [-0.05, 0) is 12.1 Å². The van der Waals surface area contributed by atoms with E-state index in [-0.39, 0.29) is 0 Å². The van der Waals surface area contributed by atoms with Crippen LogP contribution < -0.4 is 9.86 Å². The average molecular weight is 171 g/mol. The largest absolute Gasteiger partial charge is 0.317 e. The zero-order chi connectivity index (χ0) is 8.32. The van der Waals surface area contributed by atoms with Gasteiger partial charge in [0.1, 0.15) is 0 Å². The third kappa shape index (κ3) is 3.01. The number of hydrogen-bond acceptors (Lipinski definition) is 2. The first-order valence-electron chi connectivity index (χ1n) is 2.89. The Labute approximate surface area is 65.2 Å². The molecule has 2 N–H and O–H groups in total. The number of nitrogens with zero attached hydrogens (tertiary/aromatic N) is 1. The maximum atomic E-state index is 10.4. The summed E-state index contributed by atoms with van der Waals surface area (Å²) in [6, 6.07) is 8.25. The van der Waals surface area contributed by atoms with E-state index in [4.69, 9.17) is 0 Å². The van der Waals surface area contributed by atoms with Gasteiger partial charge in [-0.2, -0.15) is 13.1 Å². The van der Waals surface area contributed by atoms with Gasteiger partial charge < -0.3 is 0 Å². The van der Waals surface area contributed by atoms with Crippen LogP contribution >= 0.6 is 0 Å². The van der Waals surface area contributed by atoms with Crippen LogP contribution in [-0.4, -0.2) is 8.42 Å². The van der Waals surface area contributed by atoms with Crippen LogP contribution in [0, 0.1) is 0 Å². The molecule has 0 bridgehead atoms. The van der Waals surface area contributed by atoms with E-state index >= 15 is 0 Å². The number of hydrogen-bond donors (Lipinski definition) is 1. The molecule has 1 aromatic carbocycles. The van der Waals surface area contributed by atoms with E-state index in [0.29, 0.717) is 5.69 Å². The molecule has 4 nitrogen and oxygen atoms in total. The molecule has 0 atom stereocenters. The van der Waals surface area contributed by atoms with E-state index in [1.807, 2.05) is 0 Å². The second kappa shape index (κ2) is 2.89. The normalized spacial score (nSPS) is 11.0. The van der Waals surface area contributed by atoms with Crippen molar-refractivity contribution in [2.75, 3.05) is 0 Å². The lowest BCUT2D eigenvalue weighted by Crippen LogP contribution is -2.20. The van der Waals surface area contributed by atoms with Gasteiger partial charge in [0, 0.05) is 0 Å². The van der Waals surface area contributed by atoms with Crippen molar-refractivity contribution in [3.63, 3.8) is 0 Å². The molecule has 0 amide bonds. The van der Waals surface area contributed by atoms with Crippen LogP contribution in [0.3, 0.4) is 0 Å². The highest BCUT2D eigenvalue weighted by Gasteiger charge is 2.02. The van der Waals surface area contributed by atoms with E-state index in [9.17, 15) is 8.42 Å². The monoisotopic (exact) mass is 171 g/mol. The fraction of sp³-hybridized carbons (Fsp3) is 0.